The van der Waals surface area contributed by atoms with Gasteiger partial charge in [0.25, 0.3) is 0 Å². The minimum atomic E-state index is 0.536. The van der Waals surface area contributed by atoms with Crippen molar-refractivity contribution in [2.75, 3.05) is 12.8 Å². The van der Waals surface area contributed by atoms with E-state index in [0.717, 1.165) is 15.6 Å². The predicted molar refractivity (Wildman–Crippen MR) is 78.0 cm³/mol. The maximum absolute atomic E-state index is 6.00. The number of nitrogens with zero attached hydrogens (tertiary/aromatic N) is 2. The molecule has 6 heteroatoms. The Bertz CT molecular complexity index is 753. The number of methoxy groups -OCH3 is 1. The van der Waals surface area contributed by atoms with E-state index in [4.69, 9.17) is 10.5 Å². The first-order valence-electron chi connectivity index (χ1n) is 5.63. The van der Waals surface area contributed by atoms with Gasteiger partial charge in [0.2, 0.25) is 5.88 Å². The lowest BCUT2D eigenvalue weighted by Crippen LogP contribution is -1.91. The number of pyridine rings is 1. The number of fused-ring (bicyclic) bond motifs is 1. The van der Waals surface area contributed by atoms with Crippen LogP contribution in [0.4, 0.5) is 5.69 Å². The standard InChI is InChI=1S/C13H11BrN4O/c1-19-11-5-4-10-13(17-11)18-12(16-10)8-3-2-7(14)6-9(8)15/h2-6H,15H2,1H3,(H,16,17,18). The summed E-state index contributed by atoms with van der Waals surface area (Å²) in [6, 6.07) is 9.35. The maximum Gasteiger partial charge on any atom is 0.215 e. The molecule has 19 heavy (non-hydrogen) atoms. The average Bonchev–Trinajstić information content (AvgIpc) is 2.80. The number of rotatable bonds is 2. The van der Waals surface area contributed by atoms with Crippen molar-refractivity contribution in [3.8, 4) is 17.3 Å². The Labute approximate surface area is 118 Å². The van der Waals surface area contributed by atoms with Crippen molar-refractivity contribution >= 4 is 32.8 Å². The summed E-state index contributed by atoms with van der Waals surface area (Å²) >= 11 is 3.38. The molecule has 0 atom stereocenters. The number of nitrogen functional groups attached to an aromatic ring is 1. The molecule has 0 aliphatic rings. The van der Waals surface area contributed by atoms with Crippen LogP contribution in [0.2, 0.25) is 0 Å². The van der Waals surface area contributed by atoms with Gasteiger partial charge in [-0.2, -0.15) is 4.98 Å². The molecule has 0 fully saturated rings. The van der Waals surface area contributed by atoms with Crippen molar-refractivity contribution in [1.82, 2.24) is 15.0 Å². The van der Waals surface area contributed by atoms with Crippen molar-refractivity contribution < 1.29 is 4.74 Å². The lowest BCUT2D eigenvalue weighted by atomic mass is 10.2. The molecule has 0 spiro atoms. The quantitative estimate of drug-likeness (QED) is 0.712. The van der Waals surface area contributed by atoms with Crippen LogP contribution in [0.25, 0.3) is 22.6 Å². The minimum absolute atomic E-state index is 0.536. The molecule has 0 radical (unpaired) electrons. The molecule has 0 aliphatic heterocycles. The van der Waals surface area contributed by atoms with Crippen molar-refractivity contribution in [2.24, 2.45) is 0 Å². The normalized spacial score (nSPS) is 10.8. The van der Waals surface area contributed by atoms with Gasteiger partial charge in [-0.1, -0.05) is 15.9 Å². The van der Waals surface area contributed by atoms with Crippen LogP contribution >= 0.6 is 15.9 Å². The lowest BCUT2D eigenvalue weighted by Gasteiger charge is -2.02. The first-order valence-corrected chi connectivity index (χ1v) is 6.43. The van der Waals surface area contributed by atoms with E-state index in [1.54, 1.807) is 13.2 Å². The third-order valence-electron chi connectivity index (χ3n) is 2.80. The van der Waals surface area contributed by atoms with Crippen molar-refractivity contribution in [1.29, 1.82) is 0 Å². The summed E-state index contributed by atoms with van der Waals surface area (Å²) < 4.78 is 6.02. The van der Waals surface area contributed by atoms with Crippen LogP contribution in [0.5, 0.6) is 5.88 Å². The fraction of sp³-hybridized carbons (Fsp3) is 0.0769. The molecule has 2 heterocycles. The van der Waals surface area contributed by atoms with Gasteiger partial charge in [-0.05, 0) is 24.3 Å². The Morgan fingerprint density at radius 1 is 1.21 bits per heavy atom. The van der Waals surface area contributed by atoms with Crippen LogP contribution in [0, 0.1) is 0 Å². The van der Waals surface area contributed by atoms with E-state index in [9.17, 15) is 0 Å². The molecule has 3 aromatic rings. The zero-order valence-electron chi connectivity index (χ0n) is 10.1. The molecule has 5 nitrogen and oxygen atoms in total. The number of aromatic nitrogens is 3. The number of hydrogen-bond acceptors (Lipinski definition) is 4. The molecule has 0 saturated heterocycles. The van der Waals surface area contributed by atoms with E-state index in [1.807, 2.05) is 24.3 Å². The number of imidazole rings is 1. The molecule has 2 aromatic heterocycles. The van der Waals surface area contributed by atoms with Crippen LogP contribution < -0.4 is 10.5 Å². The second kappa shape index (κ2) is 4.55. The number of anilines is 1. The highest BCUT2D eigenvalue weighted by atomic mass is 79.9. The highest BCUT2D eigenvalue weighted by Gasteiger charge is 2.10. The smallest absolute Gasteiger partial charge is 0.215 e. The topological polar surface area (TPSA) is 76.8 Å². The van der Waals surface area contributed by atoms with Gasteiger partial charge < -0.3 is 15.5 Å². The fourth-order valence-electron chi connectivity index (χ4n) is 1.87. The molecule has 1 aromatic carbocycles. The first-order chi connectivity index (χ1) is 9.17. The number of H-pyrrole nitrogens is 1. The van der Waals surface area contributed by atoms with Crippen LogP contribution in [0.15, 0.2) is 34.8 Å². The average molecular weight is 319 g/mol. The summed E-state index contributed by atoms with van der Waals surface area (Å²) in [4.78, 5) is 11.9. The molecule has 0 aliphatic carbocycles. The third kappa shape index (κ3) is 2.15. The predicted octanol–water partition coefficient (Wildman–Crippen LogP) is 2.98. The molecule has 0 unspecified atom stereocenters. The van der Waals surface area contributed by atoms with Gasteiger partial charge in [0.05, 0.1) is 12.6 Å². The van der Waals surface area contributed by atoms with E-state index in [0.29, 0.717) is 23.0 Å². The Kier molecular flexibility index (Phi) is 2.87. The summed E-state index contributed by atoms with van der Waals surface area (Å²) in [6.45, 7) is 0. The maximum atomic E-state index is 6.00. The highest BCUT2D eigenvalue weighted by Crippen LogP contribution is 2.28. The molecule has 0 amide bonds. The van der Waals surface area contributed by atoms with E-state index in [-0.39, 0.29) is 0 Å². The second-order valence-corrected chi connectivity index (χ2v) is 4.96. The number of benzene rings is 1. The van der Waals surface area contributed by atoms with E-state index >= 15 is 0 Å². The number of nitrogens with one attached hydrogen (secondary N) is 1. The van der Waals surface area contributed by atoms with Gasteiger partial charge in [-0.15, -0.1) is 0 Å². The summed E-state index contributed by atoms with van der Waals surface area (Å²) in [5, 5.41) is 0. The van der Waals surface area contributed by atoms with E-state index in [2.05, 4.69) is 30.9 Å². The van der Waals surface area contributed by atoms with Crippen molar-refractivity contribution in [2.45, 2.75) is 0 Å². The molecular weight excluding hydrogens is 308 g/mol. The van der Waals surface area contributed by atoms with Gasteiger partial charge in [0.15, 0.2) is 5.65 Å². The Hall–Kier alpha value is -2.08. The van der Waals surface area contributed by atoms with Gasteiger partial charge in [-0.3, -0.25) is 0 Å². The molecule has 3 N–H and O–H groups in total. The summed E-state index contributed by atoms with van der Waals surface area (Å²) in [7, 11) is 1.58. The van der Waals surface area contributed by atoms with Crippen LogP contribution in [0.1, 0.15) is 0 Å². The molecule has 3 rings (SSSR count). The zero-order chi connectivity index (χ0) is 13.4. The monoisotopic (exact) mass is 318 g/mol. The summed E-state index contributed by atoms with van der Waals surface area (Å²) in [6.07, 6.45) is 0. The number of ether oxygens (including phenoxy) is 1. The molecule has 0 saturated carbocycles. The van der Waals surface area contributed by atoms with Crippen LogP contribution in [0.3, 0.4) is 0 Å². The lowest BCUT2D eigenvalue weighted by molar-refractivity contribution is 0.399. The number of aromatic amines is 1. The second-order valence-electron chi connectivity index (χ2n) is 4.04. The zero-order valence-corrected chi connectivity index (χ0v) is 11.7. The van der Waals surface area contributed by atoms with Crippen molar-refractivity contribution in [3.63, 3.8) is 0 Å². The summed E-state index contributed by atoms with van der Waals surface area (Å²) in [5.41, 5.74) is 8.95. The highest BCUT2D eigenvalue weighted by molar-refractivity contribution is 9.10. The summed E-state index contributed by atoms with van der Waals surface area (Å²) in [5.74, 6) is 1.23. The Morgan fingerprint density at radius 3 is 2.79 bits per heavy atom. The van der Waals surface area contributed by atoms with Gasteiger partial charge in [0, 0.05) is 21.8 Å². The van der Waals surface area contributed by atoms with E-state index < -0.39 is 0 Å². The van der Waals surface area contributed by atoms with Crippen LogP contribution in [-0.4, -0.2) is 22.1 Å². The number of nitrogens with two attached hydrogens (primary N) is 1. The van der Waals surface area contributed by atoms with Gasteiger partial charge >= 0.3 is 0 Å². The molecule has 96 valence electrons. The molecule has 0 bridgehead atoms. The van der Waals surface area contributed by atoms with Crippen molar-refractivity contribution in [3.05, 3.63) is 34.8 Å². The SMILES string of the molecule is COc1ccc2[nH]c(-c3ccc(Br)cc3N)nc2n1. The Morgan fingerprint density at radius 2 is 2.05 bits per heavy atom. The van der Waals surface area contributed by atoms with Gasteiger partial charge in [-0.25, -0.2) is 4.98 Å². The number of hydrogen-bond donors (Lipinski definition) is 2. The molecular formula is C13H11BrN4O. The van der Waals surface area contributed by atoms with Gasteiger partial charge in [0.1, 0.15) is 5.82 Å². The minimum Gasteiger partial charge on any atom is -0.481 e. The van der Waals surface area contributed by atoms with Crippen LogP contribution in [-0.2, 0) is 0 Å². The third-order valence-corrected chi connectivity index (χ3v) is 3.29. The first kappa shape index (κ1) is 12.0. The fourth-order valence-corrected chi connectivity index (χ4v) is 2.24. The largest absolute Gasteiger partial charge is 0.481 e. The van der Waals surface area contributed by atoms with E-state index in [1.165, 1.54) is 0 Å². The number of halogens is 1. The Balaban J connectivity index is 2.14.